The van der Waals surface area contributed by atoms with Crippen molar-refractivity contribution in [2.75, 3.05) is 0 Å². The molecule has 2 heterocycles. The molecule has 2 fully saturated rings. The van der Waals surface area contributed by atoms with E-state index in [-0.39, 0.29) is 24.8 Å². The van der Waals surface area contributed by atoms with Gasteiger partial charge in [0, 0.05) is 12.3 Å². The molecule has 1 aromatic carbocycles. The molecule has 2 aliphatic carbocycles. The lowest BCUT2D eigenvalue weighted by molar-refractivity contribution is -0.140. The number of amides is 2. The molecule has 0 bridgehead atoms. The van der Waals surface area contributed by atoms with Crippen molar-refractivity contribution in [3.63, 3.8) is 0 Å². The molecule has 0 radical (unpaired) electrons. The Morgan fingerprint density at radius 1 is 1.25 bits per heavy atom. The van der Waals surface area contributed by atoms with Gasteiger partial charge >= 0.3 is 0 Å². The van der Waals surface area contributed by atoms with Crippen LogP contribution in [0.5, 0.6) is 0 Å². The number of hydrogen-bond acceptors (Lipinski definition) is 5. The maximum atomic E-state index is 13.1. The number of carbonyl (C=O) groups excluding carboxylic acids is 2. The number of likely N-dealkylation sites (tertiary alicyclic amines) is 1. The summed E-state index contributed by atoms with van der Waals surface area (Å²) in [5.74, 6) is 1.15. The van der Waals surface area contributed by atoms with Crippen LogP contribution >= 0.6 is 0 Å². The molecule has 3 aliphatic rings. The second-order valence-corrected chi connectivity index (χ2v) is 7.02. The van der Waals surface area contributed by atoms with Crippen molar-refractivity contribution in [3.8, 4) is 0 Å². The Labute approximate surface area is 138 Å². The molecule has 6 nitrogen and oxygen atoms in total. The van der Waals surface area contributed by atoms with Crippen LogP contribution in [0.1, 0.15) is 54.4 Å². The number of hydrogen-bond donors (Lipinski definition) is 0. The molecular weight excluding hydrogens is 306 g/mol. The van der Waals surface area contributed by atoms with Gasteiger partial charge in [0.15, 0.2) is 5.82 Å². The van der Waals surface area contributed by atoms with Gasteiger partial charge in [-0.3, -0.25) is 14.5 Å². The molecule has 0 unspecified atom stereocenters. The average Bonchev–Trinajstić information content (AvgIpc) is 3.15. The minimum atomic E-state index is -0.684. The van der Waals surface area contributed by atoms with Crippen molar-refractivity contribution in [1.29, 1.82) is 0 Å². The summed E-state index contributed by atoms with van der Waals surface area (Å²) in [5, 5.41) is 3.94. The standard InChI is InChI=1S/C18H17N3O3/c22-15-9-18(8-7-11-3-1-2-4-13(11)18)17(23)21(15)10-14-19-16(24-20-14)12-5-6-12/h1-4,12H,5-10H2/t18-/m0/s1. The number of aryl methyl sites for hydroxylation is 1. The summed E-state index contributed by atoms with van der Waals surface area (Å²) in [6.07, 6.45) is 3.94. The Balaban J connectivity index is 1.44. The van der Waals surface area contributed by atoms with Gasteiger partial charge < -0.3 is 4.52 Å². The molecule has 1 spiro atoms. The number of imide groups is 1. The summed E-state index contributed by atoms with van der Waals surface area (Å²) in [5.41, 5.74) is 1.50. The molecule has 1 aromatic heterocycles. The van der Waals surface area contributed by atoms with Crippen LogP contribution in [0.3, 0.4) is 0 Å². The van der Waals surface area contributed by atoms with E-state index in [9.17, 15) is 9.59 Å². The lowest BCUT2D eigenvalue weighted by atomic mass is 9.80. The third kappa shape index (κ3) is 1.89. The predicted molar refractivity (Wildman–Crippen MR) is 82.9 cm³/mol. The van der Waals surface area contributed by atoms with E-state index in [4.69, 9.17) is 4.52 Å². The van der Waals surface area contributed by atoms with Crippen LogP contribution in [0.4, 0.5) is 0 Å². The van der Waals surface area contributed by atoms with Crippen molar-refractivity contribution in [3.05, 3.63) is 47.1 Å². The third-order valence-corrected chi connectivity index (χ3v) is 5.47. The van der Waals surface area contributed by atoms with Crippen molar-refractivity contribution in [2.24, 2.45) is 0 Å². The minimum Gasteiger partial charge on any atom is -0.339 e. The number of aromatic nitrogens is 2. The van der Waals surface area contributed by atoms with Gasteiger partial charge in [0.25, 0.3) is 0 Å². The molecule has 2 amide bonds. The monoisotopic (exact) mass is 323 g/mol. The molecule has 0 N–H and O–H groups in total. The molecule has 1 atom stereocenters. The van der Waals surface area contributed by atoms with E-state index >= 15 is 0 Å². The number of benzene rings is 1. The molecule has 5 rings (SSSR count). The van der Waals surface area contributed by atoms with Gasteiger partial charge in [-0.2, -0.15) is 4.98 Å². The van der Waals surface area contributed by atoms with Crippen LogP contribution in [0, 0.1) is 0 Å². The first-order valence-corrected chi connectivity index (χ1v) is 8.43. The fourth-order valence-corrected chi connectivity index (χ4v) is 4.02. The predicted octanol–water partition coefficient (Wildman–Crippen LogP) is 2.09. The van der Waals surface area contributed by atoms with Crippen LogP contribution in [-0.2, 0) is 28.0 Å². The fourth-order valence-electron chi connectivity index (χ4n) is 4.02. The van der Waals surface area contributed by atoms with Crippen LogP contribution in [0.15, 0.2) is 28.8 Å². The van der Waals surface area contributed by atoms with Crippen LogP contribution in [0.25, 0.3) is 0 Å². The third-order valence-electron chi connectivity index (χ3n) is 5.47. The summed E-state index contributed by atoms with van der Waals surface area (Å²) in [6.45, 7) is 0.109. The highest BCUT2D eigenvalue weighted by Crippen LogP contribution is 2.47. The number of nitrogens with zero attached hydrogens (tertiary/aromatic N) is 3. The van der Waals surface area contributed by atoms with E-state index < -0.39 is 5.41 Å². The molecule has 1 aliphatic heterocycles. The van der Waals surface area contributed by atoms with Gasteiger partial charge in [0.2, 0.25) is 17.7 Å². The quantitative estimate of drug-likeness (QED) is 0.808. The maximum Gasteiger partial charge on any atom is 0.240 e. The SMILES string of the molecule is O=C1C[C@]2(CCc3ccccc32)C(=O)N1Cc1noc(C2CC2)n1. The summed E-state index contributed by atoms with van der Waals surface area (Å²) >= 11 is 0. The highest BCUT2D eigenvalue weighted by molar-refractivity contribution is 6.09. The Bertz CT molecular complexity index is 855. The van der Waals surface area contributed by atoms with Crippen molar-refractivity contribution in [2.45, 2.75) is 50.0 Å². The number of rotatable bonds is 3. The van der Waals surface area contributed by atoms with E-state index in [0.29, 0.717) is 24.1 Å². The first kappa shape index (κ1) is 13.9. The summed E-state index contributed by atoms with van der Waals surface area (Å²) in [7, 11) is 0. The molecule has 24 heavy (non-hydrogen) atoms. The topological polar surface area (TPSA) is 76.3 Å². The van der Waals surface area contributed by atoms with E-state index in [1.165, 1.54) is 10.5 Å². The van der Waals surface area contributed by atoms with Gasteiger partial charge in [-0.25, -0.2) is 0 Å². The van der Waals surface area contributed by atoms with Crippen LogP contribution in [0.2, 0.25) is 0 Å². The molecular formula is C18H17N3O3. The Morgan fingerprint density at radius 2 is 2.08 bits per heavy atom. The normalized spacial score (nSPS) is 25.8. The van der Waals surface area contributed by atoms with Gasteiger partial charge in [-0.1, -0.05) is 29.4 Å². The number of fused-ring (bicyclic) bond motifs is 2. The second-order valence-electron chi connectivity index (χ2n) is 7.02. The Hall–Kier alpha value is -2.50. The lowest BCUT2D eigenvalue weighted by Gasteiger charge is -2.22. The largest absolute Gasteiger partial charge is 0.339 e. The smallest absolute Gasteiger partial charge is 0.240 e. The second kappa shape index (κ2) is 4.75. The van der Waals surface area contributed by atoms with Crippen molar-refractivity contribution >= 4 is 11.8 Å². The highest BCUT2D eigenvalue weighted by atomic mass is 16.5. The average molecular weight is 323 g/mol. The molecule has 1 saturated heterocycles. The molecule has 2 aromatic rings. The Kier molecular flexibility index (Phi) is 2.75. The fraction of sp³-hybridized carbons (Fsp3) is 0.444. The Morgan fingerprint density at radius 3 is 2.92 bits per heavy atom. The molecule has 1 saturated carbocycles. The minimum absolute atomic E-state index is 0.109. The lowest BCUT2D eigenvalue weighted by Crippen LogP contribution is -2.37. The van der Waals surface area contributed by atoms with Gasteiger partial charge in [-0.15, -0.1) is 0 Å². The van der Waals surface area contributed by atoms with E-state index in [0.717, 1.165) is 24.8 Å². The zero-order chi connectivity index (χ0) is 16.3. The van der Waals surface area contributed by atoms with Gasteiger partial charge in [0.05, 0.1) is 12.0 Å². The zero-order valence-corrected chi connectivity index (χ0v) is 13.2. The summed E-state index contributed by atoms with van der Waals surface area (Å²) < 4.78 is 5.23. The summed E-state index contributed by atoms with van der Waals surface area (Å²) in [4.78, 5) is 31.3. The summed E-state index contributed by atoms with van der Waals surface area (Å²) in [6, 6.07) is 7.95. The maximum absolute atomic E-state index is 13.1. The van der Waals surface area contributed by atoms with Gasteiger partial charge in [0.1, 0.15) is 0 Å². The first-order chi connectivity index (χ1) is 11.7. The van der Waals surface area contributed by atoms with E-state index in [1.54, 1.807) is 0 Å². The van der Waals surface area contributed by atoms with Crippen LogP contribution < -0.4 is 0 Å². The number of carbonyl (C=O) groups is 2. The molecule has 122 valence electrons. The van der Waals surface area contributed by atoms with E-state index in [2.05, 4.69) is 10.1 Å². The zero-order valence-electron chi connectivity index (χ0n) is 13.2. The van der Waals surface area contributed by atoms with Crippen molar-refractivity contribution in [1.82, 2.24) is 15.0 Å². The first-order valence-electron chi connectivity index (χ1n) is 8.43. The van der Waals surface area contributed by atoms with E-state index in [1.807, 2.05) is 24.3 Å². The van der Waals surface area contributed by atoms with Crippen molar-refractivity contribution < 1.29 is 14.1 Å². The van der Waals surface area contributed by atoms with Crippen LogP contribution in [-0.4, -0.2) is 26.9 Å². The highest BCUT2D eigenvalue weighted by Gasteiger charge is 2.55. The molecule has 6 heteroatoms. The van der Waals surface area contributed by atoms with Gasteiger partial charge in [-0.05, 0) is 36.8 Å².